The van der Waals surface area contributed by atoms with Gasteiger partial charge in [-0.2, -0.15) is 0 Å². The number of aliphatic hydroxyl groups excluding tert-OH is 1. The highest BCUT2D eigenvalue weighted by Gasteiger charge is 2.49. The molecule has 1 amide bonds. The second-order valence-electron chi connectivity index (χ2n) is 8.29. The number of amides is 1. The minimum atomic E-state index is -0.822. The van der Waals surface area contributed by atoms with Gasteiger partial charge < -0.3 is 19.8 Å². The molecule has 2 aromatic carbocycles. The maximum Gasteiger partial charge on any atom is 0.295 e. The number of Topliss-reactive ketones (excluding diaryl/α,β-unsaturated/α-hetero) is 1. The molecular formula is C25H25Cl2NO5. The zero-order valence-electron chi connectivity index (χ0n) is 18.2. The molecule has 8 heteroatoms. The summed E-state index contributed by atoms with van der Waals surface area (Å²) in [5.41, 5.74) is 0.847. The Morgan fingerprint density at radius 2 is 1.79 bits per heavy atom. The first kappa shape index (κ1) is 23.5. The number of likely N-dealkylation sites (tertiary alicyclic amines) is 1. The van der Waals surface area contributed by atoms with Crippen LogP contribution >= 0.6 is 23.2 Å². The lowest BCUT2D eigenvalue weighted by molar-refractivity contribution is -0.141. The third kappa shape index (κ3) is 4.42. The number of hydrogen-bond acceptors (Lipinski definition) is 5. The number of ketones is 1. The second-order valence-corrected chi connectivity index (χ2v) is 9.10. The highest BCUT2D eigenvalue weighted by molar-refractivity contribution is 6.46. The Labute approximate surface area is 202 Å². The molecule has 1 saturated heterocycles. The van der Waals surface area contributed by atoms with Gasteiger partial charge >= 0.3 is 0 Å². The summed E-state index contributed by atoms with van der Waals surface area (Å²) in [7, 11) is 0. The lowest BCUT2D eigenvalue weighted by atomic mass is 9.91. The molecular weight excluding hydrogens is 465 g/mol. The molecule has 0 radical (unpaired) electrons. The average molecular weight is 490 g/mol. The van der Waals surface area contributed by atoms with Crippen LogP contribution in [0.25, 0.3) is 5.76 Å². The number of rotatable bonds is 5. The van der Waals surface area contributed by atoms with E-state index in [9.17, 15) is 19.8 Å². The molecule has 1 saturated carbocycles. The Kier molecular flexibility index (Phi) is 6.86. The van der Waals surface area contributed by atoms with Crippen molar-refractivity contribution >= 4 is 40.7 Å². The quantitative estimate of drug-likeness (QED) is 0.312. The van der Waals surface area contributed by atoms with E-state index in [0.717, 1.165) is 32.1 Å². The van der Waals surface area contributed by atoms with Gasteiger partial charge in [0.15, 0.2) is 0 Å². The number of benzene rings is 2. The minimum absolute atomic E-state index is 0.0166. The van der Waals surface area contributed by atoms with Gasteiger partial charge in [0.2, 0.25) is 0 Å². The van der Waals surface area contributed by atoms with Crippen molar-refractivity contribution in [2.45, 2.75) is 51.1 Å². The van der Waals surface area contributed by atoms with Gasteiger partial charge in [0.1, 0.15) is 17.3 Å². The number of phenolic OH excluding ortho intramolecular Hbond substituents is 1. The smallest absolute Gasteiger partial charge is 0.295 e. The summed E-state index contributed by atoms with van der Waals surface area (Å²) < 4.78 is 5.52. The molecule has 2 aromatic rings. The van der Waals surface area contributed by atoms with Gasteiger partial charge in [0.05, 0.1) is 28.3 Å². The van der Waals surface area contributed by atoms with Crippen molar-refractivity contribution < 1.29 is 24.5 Å². The highest BCUT2D eigenvalue weighted by Crippen LogP contribution is 2.44. The summed E-state index contributed by atoms with van der Waals surface area (Å²) >= 11 is 12.4. The number of aromatic hydroxyl groups is 1. The number of phenols is 1. The van der Waals surface area contributed by atoms with Crippen LogP contribution in [0.15, 0.2) is 42.0 Å². The zero-order valence-corrected chi connectivity index (χ0v) is 19.7. The summed E-state index contributed by atoms with van der Waals surface area (Å²) in [4.78, 5) is 28.0. The fourth-order valence-corrected chi connectivity index (χ4v) is 5.04. The van der Waals surface area contributed by atoms with Gasteiger partial charge in [0.25, 0.3) is 11.7 Å². The van der Waals surface area contributed by atoms with Crippen LogP contribution in [0.5, 0.6) is 11.5 Å². The first-order valence-electron chi connectivity index (χ1n) is 11.0. The Hall–Kier alpha value is -2.70. The van der Waals surface area contributed by atoms with E-state index in [1.54, 1.807) is 29.2 Å². The molecule has 1 atom stereocenters. The normalized spacial score (nSPS) is 20.9. The molecule has 1 unspecified atom stereocenters. The summed E-state index contributed by atoms with van der Waals surface area (Å²) in [6.07, 6.45) is 4.58. The van der Waals surface area contributed by atoms with E-state index in [1.165, 1.54) is 12.1 Å². The van der Waals surface area contributed by atoms with Crippen LogP contribution in [0, 0.1) is 0 Å². The lowest BCUT2D eigenvalue weighted by Crippen LogP contribution is -2.40. The fraction of sp³-hybridized carbons (Fsp3) is 0.360. The van der Waals surface area contributed by atoms with Gasteiger partial charge in [-0.25, -0.2) is 0 Å². The van der Waals surface area contributed by atoms with Gasteiger partial charge in [-0.3, -0.25) is 9.59 Å². The van der Waals surface area contributed by atoms with E-state index in [4.69, 9.17) is 27.9 Å². The first-order chi connectivity index (χ1) is 15.8. The van der Waals surface area contributed by atoms with Crippen LogP contribution in [-0.4, -0.2) is 39.5 Å². The van der Waals surface area contributed by atoms with E-state index in [0.29, 0.717) is 28.5 Å². The predicted molar refractivity (Wildman–Crippen MR) is 127 cm³/mol. The molecule has 2 N–H and O–H groups in total. The van der Waals surface area contributed by atoms with Gasteiger partial charge in [-0.05, 0) is 55.7 Å². The van der Waals surface area contributed by atoms with Gasteiger partial charge in [0, 0.05) is 11.6 Å². The minimum Gasteiger partial charge on any atom is -0.507 e. The summed E-state index contributed by atoms with van der Waals surface area (Å²) in [5, 5.41) is 21.6. The number of nitrogens with zero attached hydrogens (tertiary/aromatic N) is 1. The third-order valence-electron chi connectivity index (χ3n) is 6.24. The monoisotopic (exact) mass is 489 g/mol. The van der Waals surface area contributed by atoms with Crippen molar-refractivity contribution in [2.75, 3.05) is 6.61 Å². The Balaban J connectivity index is 1.88. The van der Waals surface area contributed by atoms with Crippen LogP contribution < -0.4 is 4.74 Å². The molecule has 1 heterocycles. The van der Waals surface area contributed by atoms with E-state index >= 15 is 0 Å². The first-order valence-corrected chi connectivity index (χ1v) is 11.8. The maximum atomic E-state index is 13.2. The van der Waals surface area contributed by atoms with Crippen molar-refractivity contribution in [1.82, 2.24) is 4.90 Å². The Morgan fingerprint density at radius 1 is 1.06 bits per heavy atom. The molecule has 0 spiro atoms. The SMILES string of the molecule is CCOc1cc(/C(O)=C2/C(=O)C(=O)N(C3CCCCC3)C2c2ccc(O)c(Cl)c2)ccc1Cl. The molecule has 1 aliphatic heterocycles. The number of halogens is 2. The number of carbonyl (C=O) groups excluding carboxylic acids is 2. The van der Waals surface area contributed by atoms with Crippen LogP contribution in [0.1, 0.15) is 56.2 Å². The standard InChI is InChI=1S/C25H25Cl2NO5/c1-2-33-20-13-15(8-10-17(20)26)23(30)21-22(14-9-11-19(29)18(27)12-14)28(25(32)24(21)31)16-6-4-3-5-7-16/h8-13,16,22,29-30H,2-7H2,1H3/b23-21-. The van der Waals surface area contributed by atoms with Crippen LogP contribution in [0.3, 0.4) is 0 Å². The van der Waals surface area contributed by atoms with Crippen LogP contribution in [0.4, 0.5) is 0 Å². The van der Waals surface area contributed by atoms with Crippen molar-refractivity contribution in [3.8, 4) is 11.5 Å². The maximum absolute atomic E-state index is 13.2. The van der Waals surface area contributed by atoms with Crippen molar-refractivity contribution in [2.24, 2.45) is 0 Å². The average Bonchev–Trinajstić information content (AvgIpc) is 3.08. The third-order valence-corrected chi connectivity index (χ3v) is 6.86. The number of carbonyl (C=O) groups is 2. The van der Waals surface area contributed by atoms with Crippen LogP contribution in [0.2, 0.25) is 10.0 Å². The Bertz CT molecular complexity index is 1120. The fourth-order valence-electron chi connectivity index (χ4n) is 4.68. The van der Waals surface area contributed by atoms with Crippen molar-refractivity contribution in [3.05, 3.63) is 63.1 Å². The van der Waals surface area contributed by atoms with Crippen molar-refractivity contribution in [1.29, 1.82) is 0 Å². The molecule has 1 aliphatic carbocycles. The van der Waals surface area contributed by atoms with E-state index < -0.39 is 17.7 Å². The molecule has 2 aliphatic rings. The Morgan fingerprint density at radius 3 is 2.45 bits per heavy atom. The lowest BCUT2D eigenvalue weighted by Gasteiger charge is -2.35. The van der Waals surface area contributed by atoms with E-state index in [2.05, 4.69) is 0 Å². The number of ether oxygens (including phenoxy) is 1. The van der Waals surface area contributed by atoms with Gasteiger partial charge in [-0.15, -0.1) is 0 Å². The number of hydrogen-bond donors (Lipinski definition) is 2. The van der Waals surface area contributed by atoms with E-state index in [1.807, 2.05) is 6.92 Å². The van der Waals surface area contributed by atoms with E-state index in [-0.39, 0.29) is 28.1 Å². The number of aliphatic hydroxyl groups is 1. The molecule has 33 heavy (non-hydrogen) atoms. The largest absolute Gasteiger partial charge is 0.507 e. The van der Waals surface area contributed by atoms with Crippen molar-refractivity contribution in [3.63, 3.8) is 0 Å². The molecule has 0 bridgehead atoms. The predicted octanol–water partition coefficient (Wildman–Crippen LogP) is 5.85. The second kappa shape index (κ2) is 9.65. The zero-order chi connectivity index (χ0) is 23.7. The highest BCUT2D eigenvalue weighted by atomic mass is 35.5. The molecule has 2 fully saturated rings. The topological polar surface area (TPSA) is 87.1 Å². The molecule has 174 valence electrons. The molecule has 0 aromatic heterocycles. The molecule has 4 rings (SSSR count). The van der Waals surface area contributed by atoms with Crippen LogP contribution in [-0.2, 0) is 9.59 Å². The molecule has 6 nitrogen and oxygen atoms in total. The summed E-state index contributed by atoms with van der Waals surface area (Å²) in [6, 6.07) is 8.34. The summed E-state index contributed by atoms with van der Waals surface area (Å²) in [5.74, 6) is -1.43. The summed E-state index contributed by atoms with van der Waals surface area (Å²) in [6.45, 7) is 2.19. The van der Waals surface area contributed by atoms with Gasteiger partial charge in [-0.1, -0.05) is 48.5 Å².